The van der Waals surface area contributed by atoms with Crippen molar-refractivity contribution in [2.24, 2.45) is 0 Å². The summed E-state index contributed by atoms with van der Waals surface area (Å²) in [6.45, 7) is 4.12. The summed E-state index contributed by atoms with van der Waals surface area (Å²) in [5.41, 5.74) is 1.17. The summed E-state index contributed by atoms with van der Waals surface area (Å²) in [6, 6.07) is 8.40. The van der Waals surface area contributed by atoms with Crippen LogP contribution >= 0.6 is 15.9 Å². The monoisotopic (exact) mass is 309 g/mol. The Hall–Kier alpha value is -1.27. The van der Waals surface area contributed by atoms with E-state index in [0.29, 0.717) is 0 Å². The molecule has 1 N–H and O–H groups in total. The minimum atomic E-state index is 0.100. The second kappa shape index (κ2) is 5.58. The zero-order valence-corrected chi connectivity index (χ0v) is 12.2. The highest BCUT2D eigenvalue weighted by Gasteiger charge is 2.18. The zero-order valence-electron chi connectivity index (χ0n) is 10.6. The highest BCUT2D eigenvalue weighted by molar-refractivity contribution is 9.10. The number of nitrogens with zero attached hydrogens (tertiary/aromatic N) is 4. The average Bonchev–Trinajstić information content (AvgIpc) is 2.86. The van der Waals surface area contributed by atoms with Crippen LogP contribution in [0.5, 0.6) is 0 Å². The molecule has 2 unspecified atom stereocenters. The number of rotatable bonds is 4. The first kappa shape index (κ1) is 13.2. The molecule has 0 amide bonds. The number of nitrogens with one attached hydrogen (secondary N) is 1. The SMILES string of the molecule is CNC(C)c1nnnn1C(C)c1cccc(Br)c1. The van der Waals surface area contributed by atoms with Gasteiger partial charge in [-0.25, -0.2) is 4.68 Å². The fourth-order valence-corrected chi connectivity index (χ4v) is 2.22. The second-order valence-corrected chi connectivity index (χ2v) is 5.14. The van der Waals surface area contributed by atoms with E-state index in [9.17, 15) is 0 Å². The Kier molecular flexibility index (Phi) is 4.08. The van der Waals surface area contributed by atoms with Crippen LogP contribution < -0.4 is 5.32 Å². The van der Waals surface area contributed by atoms with Gasteiger partial charge in [-0.1, -0.05) is 28.1 Å². The van der Waals surface area contributed by atoms with Gasteiger partial charge in [-0.05, 0) is 49.0 Å². The molecule has 6 heteroatoms. The lowest BCUT2D eigenvalue weighted by Gasteiger charge is -2.16. The Balaban J connectivity index is 2.34. The first-order chi connectivity index (χ1) is 8.63. The van der Waals surface area contributed by atoms with Crippen molar-refractivity contribution >= 4 is 15.9 Å². The fraction of sp³-hybridized carbons (Fsp3) is 0.417. The fourth-order valence-electron chi connectivity index (χ4n) is 1.80. The maximum atomic E-state index is 4.09. The van der Waals surface area contributed by atoms with Crippen LogP contribution in [0.4, 0.5) is 0 Å². The van der Waals surface area contributed by atoms with E-state index >= 15 is 0 Å². The lowest BCUT2D eigenvalue weighted by atomic mass is 10.1. The quantitative estimate of drug-likeness (QED) is 0.941. The largest absolute Gasteiger partial charge is 0.311 e. The summed E-state index contributed by atoms with van der Waals surface area (Å²) in [6.07, 6.45) is 0. The lowest BCUT2D eigenvalue weighted by molar-refractivity contribution is 0.482. The van der Waals surface area contributed by atoms with Gasteiger partial charge in [-0.15, -0.1) is 5.10 Å². The molecule has 0 aliphatic carbocycles. The van der Waals surface area contributed by atoms with E-state index in [1.54, 1.807) is 0 Å². The van der Waals surface area contributed by atoms with Crippen LogP contribution in [-0.2, 0) is 0 Å². The zero-order chi connectivity index (χ0) is 13.1. The van der Waals surface area contributed by atoms with Gasteiger partial charge < -0.3 is 5.32 Å². The number of tetrazole rings is 1. The van der Waals surface area contributed by atoms with Crippen molar-refractivity contribution in [1.29, 1.82) is 0 Å². The molecule has 0 saturated heterocycles. The van der Waals surface area contributed by atoms with Crippen LogP contribution in [0, 0.1) is 0 Å². The molecular weight excluding hydrogens is 294 g/mol. The molecule has 1 aromatic carbocycles. The van der Waals surface area contributed by atoms with Crippen molar-refractivity contribution in [1.82, 2.24) is 25.5 Å². The van der Waals surface area contributed by atoms with E-state index in [1.165, 1.54) is 5.56 Å². The maximum Gasteiger partial charge on any atom is 0.168 e. The number of halogens is 1. The van der Waals surface area contributed by atoms with Crippen LogP contribution in [0.2, 0.25) is 0 Å². The highest BCUT2D eigenvalue weighted by Crippen LogP contribution is 2.22. The molecule has 2 aromatic rings. The third kappa shape index (κ3) is 2.59. The average molecular weight is 310 g/mol. The molecule has 0 radical (unpaired) electrons. The molecule has 1 heterocycles. The van der Waals surface area contributed by atoms with Crippen molar-refractivity contribution in [2.75, 3.05) is 7.05 Å². The molecule has 0 saturated carbocycles. The van der Waals surface area contributed by atoms with Crippen LogP contribution in [0.15, 0.2) is 28.7 Å². The topological polar surface area (TPSA) is 55.6 Å². The van der Waals surface area contributed by atoms with E-state index in [4.69, 9.17) is 0 Å². The predicted octanol–water partition coefficient (Wildman–Crippen LogP) is 2.33. The molecular formula is C12H16BrN5. The van der Waals surface area contributed by atoms with Gasteiger partial charge >= 0.3 is 0 Å². The van der Waals surface area contributed by atoms with E-state index in [-0.39, 0.29) is 12.1 Å². The summed E-state index contributed by atoms with van der Waals surface area (Å²) in [4.78, 5) is 0. The third-order valence-electron chi connectivity index (χ3n) is 3.04. The summed E-state index contributed by atoms with van der Waals surface area (Å²) >= 11 is 3.48. The molecule has 5 nitrogen and oxygen atoms in total. The minimum absolute atomic E-state index is 0.100. The number of aromatic nitrogens is 4. The van der Waals surface area contributed by atoms with Gasteiger partial charge in [0.25, 0.3) is 0 Å². The van der Waals surface area contributed by atoms with Gasteiger partial charge in [0, 0.05) is 4.47 Å². The van der Waals surface area contributed by atoms with Crippen molar-refractivity contribution in [2.45, 2.75) is 25.9 Å². The van der Waals surface area contributed by atoms with Gasteiger partial charge in [0.2, 0.25) is 0 Å². The van der Waals surface area contributed by atoms with Gasteiger partial charge in [-0.3, -0.25) is 0 Å². The van der Waals surface area contributed by atoms with E-state index < -0.39 is 0 Å². The summed E-state index contributed by atoms with van der Waals surface area (Å²) in [5, 5.41) is 15.1. The van der Waals surface area contributed by atoms with E-state index in [2.05, 4.69) is 55.8 Å². The number of hydrogen-bond donors (Lipinski definition) is 1. The third-order valence-corrected chi connectivity index (χ3v) is 3.53. The van der Waals surface area contributed by atoms with Crippen molar-refractivity contribution in [3.8, 4) is 0 Å². The molecule has 0 fully saturated rings. The smallest absolute Gasteiger partial charge is 0.168 e. The Morgan fingerprint density at radius 3 is 2.78 bits per heavy atom. The molecule has 96 valence electrons. The first-order valence-electron chi connectivity index (χ1n) is 5.84. The number of benzene rings is 1. The van der Waals surface area contributed by atoms with Crippen molar-refractivity contribution in [3.05, 3.63) is 40.1 Å². The van der Waals surface area contributed by atoms with Gasteiger partial charge in [0.05, 0.1) is 12.1 Å². The molecule has 2 rings (SSSR count). The van der Waals surface area contributed by atoms with Crippen LogP contribution in [-0.4, -0.2) is 27.3 Å². The lowest BCUT2D eigenvalue weighted by Crippen LogP contribution is -2.21. The summed E-state index contributed by atoms with van der Waals surface area (Å²) < 4.78 is 2.91. The standard InChI is InChI=1S/C12H16BrN5/c1-8(14-3)12-15-16-17-18(12)9(2)10-5-4-6-11(13)7-10/h4-9,14H,1-3H3. The highest BCUT2D eigenvalue weighted by atomic mass is 79.9. The first-order valence-corrected chi connectivity index (χ1v) is 6.63. The molecule has 0 spiro atoms. The van der Waals surface area contributed by atoms with Crippen LogP contribution in [0.1, 0.15) is 37.3 Å². The maximum absolute atomic E-state index is 4.09. The molecule has 0 aliphatic rings. The predicted molar refractivity (Wildman–Crippen MR) is 73.2 cm³/mol. The second-order valence-electron chi connectivity index (χ2n) is 4.22. The van der Waals surface area contributed by atoms with Crippen LogP contribution in [0.3, 0.4) is 0 Å². The van der Waals surface area contributed by atoms with Crippen LogP contribution in [0.25, 0.3) is 0 Å². The van der Waals surface area contributed by atoms with E-state index in [1.807, 2.05) is 30.8 Å². The Morgan fingerprint density at radius 2 is 2.11 bits per heavy atom. The Morgan fingerprint density at radius 1 is 1.33 bits per heavy atom. The molecule has 0 aliphatic heterocycles. The molecule has 2 atom stereocenters. The van der Waals surface area contributed by atoms with Crippen molar-refractivity contribution in [3.63, 3.8) is 0 Å². The summed E-state index contributed by atoms with van der Waals surface area (Å²) in [5.74, 6) is 0.838. The van der Waals surface area contributed by atoms with Gasteiger partial charge in [0.1, 0.15) is 0 Å². The number of hydrogen-bond acceptors (Lipinski definition) is 4. The normalized spacial score (nSPS) is 14.4. The Bertz CT molecular complexity index is 525. The minimum Gasteiger partial charge on any atom is -0.311 e. The van der Waals surface area contributed by atoms with Crippen molar-refractivity contribution < 1.29 is 0 Å². The summed E-state index contributed by atoms with van der Waals surface area (Å²) in [7, 11) is 1.90. The molecule has 1 aromatic heterocycles. The van der Waals surface area contributed by atoms with E-state index in [0.717, 1.165) is 10.3 Å². The molecule has 18 heavy (non-hydrogen) atoms. The molecule has 0 bridgehead atoms. The van der Waals surface area contributed by atoms with Gasteiger partial charge in [0.15, 0.2) is 5.82 Å². The van der Waals surface area contributed by atoms with Gasteiger partial charge in [-0.2, -0.15) is 0 Å². The Labute approximate surface area is 115 Å².